The number of carbonyl (C=O) groups is 1. The quantitative estimate of drug-likeness (QED) is 0.551. The lowest BCUT2D eigenvalue weighted by molar-refractivity contribution is 0.0749. The first-order valence-corrected chi connectivity index (χ1v) is 9.71. The highest BCUT2D eigenvalue weighted by Crippen LogP contribution is 2.27. The molecule has 8 nitrogen and oxygen atoms in total. The molecule has 1 amide bonds. The molecule has 4 aromatic rings. The van der Waals surface area contributed by atoms with Crippen LogP contribution in [0.5, 0.6) is 0 Å². The second kappa shape index (κ2) is 7.90. The summed E-state index contributed by atoms with van der Waals surface area (Å²) in [5.41, 5.74) is 9.32. The third kappa shape index (κ3) is 3.59. The molecular weight excluding hydrogens is 378 g/mol. The van der Waals surface area contributed by atoms with Crippen molar-refractivity contribution in [3.63, 3.8) is 0 Å². The van der Waals surface area contributed by atoms with Crippen LogP contribution in [0, 0.1) is 6.92 Å². The fourth-order valence-corrected chi connectivity index (χ4v) is 3.40. The summed E-state index contributed by atoms with van der Waals surface area (Å²) in [5, 5.41) is 0.818. The molecule has 8 heteroatoms. The largest absolute Gasteiger partial charge is 0.368 e. The van der Waals surface area contributed by atoms with Crippen LogP contribution in [0.25, 0.3) is 22.2 Å². The minimum absolute atomic E-state index is 0.0730. The van der Waals surface area contributed by atoms with Gasteiger partial charge in [-0.3, -0.25) is 4.79 Å². The van der Waals surface area contributed by atoms with Crippen LogP contribution in [-0.2, 0) is 13.6 Å². The maximum Gasteiger partial charge on any atom is 0.255 e. The molecule has 4 rings (SSSR count). The van der Waals surface area contributed by atoms with Crippen LogP contribution in [0.3, 0.4) is 0 Å². The normalized spacial score (nSPS) is 11.0. The predicted octanol–water partition coefficient (Wildman–Crippen LogP) is 2.98. The molecule has 0 saturated heterocycles. The number of nitrogen functional groups attached to an aromatic ring is 1. The highest BCUT2D eigenvalue weighted by atomic mass is 16.2. The number of nitrogens with zero attached hydrogens (tertiary/aromatic N) is 6. The third-order valence-corrected chi connectivity index (χ3v) is 5.16. The average Bonchev–Trinajstić information content (AvgIpc) is 3.16. The molecule has 0 aliphatic rings. The standard InChI is InChI=1S/C22H23N7O/c1-4-29(13-19-24-8-9-28(19)3)21(30)17-10-18(15-11-25-22(23)26-12-15)27-20-14(2)6-5-7-16(17)20/h5-12H,4,13H2,1-3H3,(H2,23,25,26). The lowest BCUT2D eigenvalue weighted by atomic mass is 10.0. The van der Waals surface area contributed by atoms with E-state index in [0.717, 1.165) is 22.3 Å². The van der Waals surface area contributed by atoms with E-state index in [1.54, 1.807) is 29.6 Å². The monoisotopic (exact) mass is 401 g/mol. The number of rotatable bonds is 5. The third-order valence-electron chi connectivity index (χ3n) is 5.16. The molecule has 0 unspecified atom stereocenters. The minimum Gasteiger partial charge on any atom is -0.368 e. The zero-order valence-electron chi connectivity index (χ0n) is 17.2. The molecule has 0 aliphatic heterocycles. The van der Waals surface area contributed by atoms with Crippen LogP contribution in [-0.4, -0.2) is 41.9 Å². The summed E-state index contributed by atoms with van der Waals surface area (Å²) in [6, 6.07) is 7.66. The van der Waals surface area contributed by atoms with Gasteiger partial charge in [-0.1, -0.05) is 18.2 Å². The second-order valence-corrected chi connectivity index (χ2v) is 7.13. The number of aryl methyl sites for hydroxylation is 2. The van der Waals surface area contributed by atoms with Crippen molar-refractivity contribution < 1.29 is 4.79 Å². The minimum atomic E-state index is -0.0730. The summed E-state index contributed by atoms with van der Waals surface area (Å²) < 4.78 is 1.92. The number of hydrogen-bond donors (Lipinski definition) is 1. The van der Waals surface area contributed by atoms with Crippen molar-refractivity contribution in [1.29, 1.82) is 0 Å². The van der Waals surface area contributed by atoms with Crippen LogP contribution in [0.4, 0.5) is 5.95 Å². The number of carbonyl (C=O) groups excluding carboxylic acids is 1. The first-order chi connectivity index (χ1) is 14.5. The van der Waals surface area contributed by atoms with Crippen molar-refractivity contribution in [2.24, 2.45) is 7.05 Å². The second-order valence-electron chi connectivity index (χ2n) is 7.13. The van der Waals surface area contributed by atoms with Crippen LogP contribution in [0.15, 0.2) is 49.1 Å². The summed E-state index contributed by atoms with van der Waals surface area (Å²) >= 11 is 0. The number of anilines is 1. The molecule has 1 aromatic carbocycles. The molecule has 0 aliphatic carbocycles. The van der Waals surface area contributed by atoms with Gasteiger partial charge in [0.1, 0.15) is 5.82 Å². The number of aromatic nitrogens is 5. The summed E-state index contributed by atoms with van der Waals surface area (Å²) in [5.74, 6) is 0.947. The number of amides is 1. The van der Waals surface area contributed by atoms with E-state index < -0.39 is 0 Å². The molecule has 30 heavy (non-hydrogen) atoms. The number of pyridine rings is 1. The summed E-state index contributed by atoms with van der Waals surface area (Å²) in [6.07, 6.45) is 6.85. The molecule has 0 atom stereocenters. The van der Waals surface area contributed by atoms with E-state index in [9.17, 15) is 4.79 Å². The van der Waals surface area contributed by atoms with E-state index in [0.29, 0.717) is 29.9 Å². The predicted molar refractivity (Wildman–Crippen MR) is 116 cm³/mol. The Balaban J connectivity index is 1.83. The SMILES string of the molecule is CCN(Cc1nccn1C)C(=O)c1cc(-c2cnc(N)nc2)nc2c(C)cccc12. The van der Waals surface area contributed by atoms with Crippen molar-refractivity contribution >= 4 is 22.8 Å². The number of imidazole rings is 1. The molecule has 0 spiro atoms. The zero-order valence-corrected chi connectivity index (χ0v) is 17.2. The van der Waals surface area contributed by atoms with Crippen LogP contribution in [0.2, 0.25) is 0 Å². The van der Waals surface area contributed by atoms with Gasteiger partial charge in [-0.05, 0) is 25.5 Å². The van der Waals surface area contributed by atoms with Gasteiger partial charge in [0.15, 0.2) is 0 Å². The van der Waals surface area contributed by atoms with Gasteiger partial charge in [0.05, 0.1) is 23.3 Å². The highest BCUT2D eigenvalue weighted by Gasteiger charge is 2.21. The van der Waals surface area contributed by atoms with Gasteiger partial charge < -0.3 is 15.2 Å². The summed E-state index contributed by atoms with van der Waals surface area (Å²) in [4.78, 5) is 32.6. The van der Waals surface area contributed by atoms with Gasteiger partial charge in [-0.15, -0.1) is 0 Å². The molecule has 2 N–H and O–H groups in total. The van der Waals surface area contributed by atoms with Crippen molar-refractivity contribution in [1.82, 2.24) is 29.4 Å². The first-order valence-electron chi connectivity index (χ1n) is 9.71. The lowest BCUT2D eigenvalue weighted by Crippen LogP contribution is -2.31. The van der Waals surface area contributed by atoms with Gasteiger partial charge in [-0.2, -0.15) is 0 Å². The Kier molecular flexibility index (Phi) is 5.14. The van der Waals surface area contributed by atoms with Crippen molar-refractivity contribution in [3.8, 4) is 11.3 Å². The Hall–Kier alpha value is -3.81. The Bertz CT molecular complexity index is 1210. The molecule has 0 saturated carbocycles. The van der Waals surface area contributed by atoms with Gasteiger partial charge in [0, 0.05) is 49.3 Å². The molecule has 3 heterocycles. The van der Waals surface area contributed by atoms with E-state index in [1.165, 1.54) is 0 Å². The Morgan fingerprint density at radius 1 is 1.20 bits per heavy atom. The number of benzene rings is 1. The Labute approximate surface area is 174 Å². The Morgan fingerprint density at radius 2 is 1.97 bits per heavy atom. The van der Waals surface area contributed by atoms with Gasteiger partial charge >= 0.3 is 0 Å². The lowest BCUT2D eigenvalue weighted by Gasteiger charge is -2.22. The highest BCUT2D eigenvalue weighted by molar-refractivity contribution is 6.07. The van der Waals surface area contributed by atoms with Gasteiger partial charge in [0.25, 0.3) is 5.91 Å². The molecular formula is C22H23N7O. The maximum absolute atomic E-state index is 13.6. The number of hydrogen-bond acceptors (Lipinski definition) is 6. The van der Waals surface area contributed by atoms with E-state index in [4.69, 9.17) is 10.7 Å². The maximum atomic E-state index is 13.6. The summed E-state index contributed by atoms with van der Waals surface area (Å²) in [7, 11) is 1.92. The topological polar surface area (TPSA) is 103 Å². The van der Waals surface area contributed by atoms with Crippen LogP contribution < -0.4 is 5.73 Å². The Morgan fingerprint density at radius 3 is 2.63 bits per heavy atom. The number of para-hydroxylation sites is 1. The van der Waals surface area contributed by atoms with Gasteiger partial charge in [0.2, 0.25) is 5.95 Å². The van der Waals surface area contributed by atoms with Gasteiger partial charge in [-0.25, -0.2) is 19.9 Å². The first kappa shape index (κ1) is 19.5. The molecule has 0 fully saturated rings. The average molecular weight is 401 g/mol. The van der Waals surface area contributed by atoms with Crippen LogP contribution in [0.1, 0.15) is 28.7 Å². The number of nitrogens with two attached hydrogens (primary N) is 1. The fourth-order valence-electron chi connectivity index (χ4n) is 3.40. The van der Waals surface area contributed by atoms with Crippen LogP contribution >= 0.6 is 0 Å². The van der Waals surface area contributed by atoms with E-state index in [1.807, 2.05) is 49.9 Å². The molecule has 152 valence electrons. The van der Waals surface area contributed by atoms with Crippen molar-refractivity contribution in [2.45, 2.75) is 20.4 Å². The number of fused-ring (bicyclic) bond motifs is 1. The van der Waals surface area contributed by atoms with Crippen molar-refractivity contribution in [2.75, 3.05) is 12.3 Å². The van der Waals surface area contributed by atoms with E-state index in [2.05, 4.69) is 15.0 Å². The van der Waals surface area contributed by atoms with E-state index >= 15 is 0 Å². The summed E-state index contributed by atoms with van der Waals surface area (Å²) in [6.45, 7) is 4.93. The van der Waals surface area contributed by atoms with E-state index in [-0.39, 0.29) is 11.9 Å². The molecule has 0 bridgehead atoms. The molecule has 0 radical (unpaired) electrons. The van der Waals surface area contributed by atoms with Crippen molar-refractivity contribution in [3.05, 3.63) is 66.0 Å². The zero-order chi connectivity index (χ0) is 21.3. The molecule has 3 aromatic heterocycles. The smallest absolute Gasteiger partial charge is 0.255 e. The fraction of sp³-hybridized carbons (Fsp3) is 0.227.